The summed E-state index contributed by atoms with van der Waals surface area (Å²) in [4.78, 5) is 28.0. The van der Waals surface area contributed by atoms with Gasteiger partial charge in [0.05, 0.1) is 0 Å². The van der Waals surface area contributed by atoms with Gasteiger partial charge in [-0.25, -0.2) is 4.79 Å². The number of fused-ring (bicyclic) bond motifs is 1. The molecule has 1 aliphatic carbocycles. The Morgan fingerprint density at radius 3 is 2.68 bits per heavy atom. The minimum Gasteiger partial charge on any atom is -0.326 e. The molecule has 0 aromatic heterocycles. The zero-order chi connectivity index (χ0) is 19.5. The smallest absolute Gasteiger partial charge is 0.321 e. The van der Waals surface area contributed by atoms with Crippen LogP contribution in [0.15, 0.2) is 24.3 Å². The van der Waals surface area contributed by atoms with Gasteiger partial charge in [0.1, 0.15) is 0 Å². The van der Waals surface area contributed by atoms with E-state index in [1.54, 1.807) is 9.80 Å². The highest BCUT2D eigenvalue weighted by molar-refractivity contribution is 5.96. The van der Waals surface area contributed by atoms with Crippen LogP contribution in [0, 0.1) is 5.92 Å². The molecule has 7 nitrogen and oxygen atoms in total. The lowest BCUT2D eigenvalue weighted by Gasteiger charge is -2.26. The standard InChI is InChI=1S/C21H31N5O2/c1-25(14-19-17-6-3-2-4-7-18(17)23-24-19)21(28)22-15-9-11-16(12-10-15)26-13-5-8-20(26)27/h9-12,17-19,23-24H,2-8,13-14H2,1H3,(H,22,28). The summed E-state index contributed by atoms with van der Waals surface area (Å²) in [5.74, 6) is 0.765. The zero-order valence-corrected chi connectivity index (χ0v) is 16.6. The van der Waals surface area contributed by atoms with Crippen molar-refractivity contribution < 1.29 is 9.59 Å². The first-order chi connectivity index (χ1) is 13.6. The van der Waals surface area contributed by atoms with Crippen molar-refractivity contribution in [1.82, 2.24) is 15.8 Å². The largest absolute Gasteiger partial charge is 0.326 e. The highest BCUT2D eigenvalue weighted by Gasteiger charge is 2.37. The fourth-order valence-electron chi connectivity index (χ4n) is 4.74. The maximum atomic E-state index is 12.6. The summed E-state index contributed by atoms with van der Waals surface area (Å²) in [7, 11) is 1.85. The van der Waals surface area contributed by atoms with Crippen LogP contribution in [0.2, 0.25) is 0 Å². The van der Waals surface area contributed by atoms with Crippen molar-refractivity contribution >= 4 is 23.3 Å². The highest BCUT2D eigenvalue weighted by atomic mass is 16.2. The van der Waals surface area contributed by atoms with Crippen LogP contribution >= 0.6 is 0 Å². The van der Waals surface area contributed by atoms with E-state index in [0.29, 0.717) is 31.0 Å². The van der Waals surface area contributed by atoms with Gasteiger partial charge in [-0.3, -0.25) is 15.6 Å². The molecule has 2 saturated heterocycles. The normalized spacial score (nSPS) is 27.4. The maximum Gasteiger partial charge on any atom is 0.321 e. The number of carbonyl (C=O) groups excluding carboxylic acids is 2. The van der Waals surface area contributed by atoms with Crippen LogP contribution in [0.25, 0.3) is 0 Å². The van der Waals surface area contributed by atoms with E-state index in [1.807, 2.05) is 31.3 Å². The first-order valence-electron chi connectivity index (χ1n) is 10.6. The van der Waals surface area contributed by atoms with Gasteiger partial charge in [0, 0.05) is 50.0 Å². The van der Waals surface area contributed by atoms with E-state index < -0.39 is 0 Å². The molecule has 2 aliphatic heterocycles. The number of hydrogen-bond donors (Lipinski definition) is 3. The predicted octanol–water partition coefficient (Wildman–Crippen LogP) is 2.70. The Hall–Kier alpha value is -2.12. The lowest BCUT2D eigenvalue weighted by atomic mass is 9.90. The second kappa shape index (κ2) is 8.49. The molecule has 3 amide bonds. The van der Waals surface area contributed by atoms with Crippen LogP contribution in [0.3, 0.4) is 0 Å². The molecule has 152 valence electrons. The minimum atomic E-state index is -0.108. The molecule has 4 rings (SSSR count). The number of benzene rings is 1. The van der Waals surface area contributed by atoms with Crippen molar-refractivity contribution in [3.05, 3.63) is 24.3 Å². The van der Waals surface area contributed by atoms with Crippen molar-refractivity contribution in [2.24, 2.45) is 5.92 Å². The third-order valence-corrected chi connectivity index (χ3v) is 6.36. The van der Waals surface area contributed by atoms with Gasteiger partial charge < -0.3 is 15.1 Å². The summed E-state index contributed by atoms with van der Waals surface area (Å²) in [6.07, 6.45) is 7.86. The quantitative estimate of drug-likeness (QED) is 0.745. The van der Waals surface area contributed by atoms with E-state index in [0.717, 1.165) is 24.3 Å². The first kappa shape index (κ1) is 19.2. The van der Waals surface area contributed by atoms with E-state index in [9.17, 15) is 9.59 Å². The molecule has 0 radical (unpaired) electrons. The third-order valence-electron chi connectivity index (χ3n) is 6.36. The molecule has 3 atom stereocenters. The van der Waals surface area contributed by atoms with Crippen LogP contribution in [0.5, 0.6) is 0 Å². The Kier molecular flexibility index (Phi) is 5.82. The Morgan fingerprint density at radius 2 is 1.93 bits per heavy atom. The topological polar surface area (TPSA) is 76.7 Å². The van der Waals surface area contributed by atoms with Crippen molar-refractivity contribution in [3.8, 4) is 0 Å². The molecule has 3 aliphatic rings. The summed E-state index contributed by atoms with van der Waals surface area (Å²) >= 11 is 0. The summed E-state index contributed by atoms with van der Waals surface area (Å²) in [6.45, 7) is 1.46. The van der Waals surface area contributed by atoms with Gasteiger partial charge in [-0.2, -0.15) is 0 Å². The Labute approximate surface area is 166 Å². The van der Waals surface area contributed by atoms with E-state index in [-0.39, 0.29) is 11.9 Å². The van der Waals surface area contributed by atoms with Gasteiger partial charge in [0.15, 0.2) is 0 Å². The first-order valence-corrected chi connectivity index (χ1v) is 10.6. The fourth-order valence-corrected chi connectivity index (χ4v) is 4.74. The maximum absolute atomic E-state index is 12.6. The van der Waals surface area contributed by atoms with Crippen LogP contribution in [-0.2, 0) is 4.79 Å². The van der Waals surface area contributed by atoms with Gasteiger partial charge in [-0.15, -0.1) is 0 Å². The monoisotopic (exact) mass is 385 g/mol. The van der Waals surface area contributed by atoms with E-state index in [1.165, 1.54) is 32.1 Å². The Morgan fingerprint density at radius 1 is 1.14 bits per heavy atom. The number of urea groups is 1. The predicted molar refractivity (Wildman–Crippen MR) is 110 cm³/mol. The molecular formula is C21H31N5O2. The summed E-state index contributed by atoms with van der Waals surface area (Å²) in [5.41, 5.74) is 8.49. The molecule has 0 spiro atoms. The number of amides is 3. The molecule has 1 saturated carbocycles. The minimum absolute atomic E-state index is 0.108. The van der Waals surface area contributed by atoms with Gasteiger partial charge in [0.2, 0.25) is 5.91 Å². The van der Waals surface area contributed by atoms with Crippen molar-refractivity contribution in [1.29, 1.82) is 0 Å². The van der Waals surface area contributed by atoms with Crippen LogP contribution in [-0.4, -0.2) is 49.1 Å². The molecule has 3 fully saturated rings. The van der Waals surface area contributed by atoms with Crippen LogP contribution in [0.1, 0.15) is 44.9 Å². The molecule has 1 aromatic carbocycles. The number of likely N-dealkylation sites (N-methyl/N-ethyl adjacent to an activating group) is 1. The van der Waals surface area contributed by atoms with Crippen LogP contribution < -0.4 is 21.1 Å². The second-order valence-corrected chi connectivity index (χ2v) is 8.31. The second-order valence-electron chi connectivity index (χ2n) is 8.31. The van der Waals surface area contributed by atoms with Gasteiger partial charge >= 0.3 is 6.03 Å². The number of nitrogens with zero attached hydrogens (tertiary/aromatic N) is 2. The van der Waals surface area contributed by atoms with Crippen LogP contribution in [0.4, 0.5) is 16.2 Å². The molecule has 3 N–H and O–H groups in total. The van der Waals surface area contributed by atoms with Gasteiger partial charge in [-0.1, -0.05) is 19.3 Å². The highest BCUT2D eigenvalue weighted by Crippen LogP contribution is 2.29. The summed E-state index contributed by atoms with van der Waals surface area (Å²) in [6, 6.07) is 8.25. The van der Waals surface area contributed by atoms with E-state index in [4.69, 9.17) is 0 Å². The van der Waals surface area contributed by atoms with Crippen molar-refractivity contribution in [3.63, 3.8) is 0 Å². The lowest BCUT2D eigenvalue weighted by molar-refractivity contribution is -0.117. The van der Waals surface area contributed by atoms with Gasteiger partial charge in [0.25, 0.3) is 0 Å². The number of nitrogens with one attached hydrogen (secondary N) is 3. The van der Waals surface area contributed by atoms with E-state index in [2.05, 4.69) is 16.2 Å². The molecule has 2 heterocycles. The molecule has 0 bridgehead atoms. The number of rotatable bonds is 4. The number of hydrazine groups is 1. The third kappa shape index (κ3) is 4.15. The fraction of sp³-hybridized carbons (Fsp3) is 0.619. The Balaban J connectivity index is 1.31. The Bertz CT molecular complexity index is 707. The van der Waals surface area contributed by atoms with Gasteiger partial charge in [-0.05, 0) is 49.4 Å². The summed E-state index contributed by atoms with van der Waals surface area (Å²) in [5, 5.41) is 2.96. The molecule has 28 heavy (non-hydrogen) atoms. The zero-order valence-electron chi connectivity index (χ0n) is 16.6. The van der Waals surface area contributed by atoms with Crippen molar-refractivity contribution in [2.75, 3.05) is 30.4 Å². The van der Waals surface area contributed by atoms with E-state index >= 15 is 0 Å². The number of anilines is 2. The number of hydrogen-bond acceptors (Lipinski definition) is 4. The summed E-state index contributed by atoms with van der Waals surface area (Å²) < 4.78 is 0. The van der Waals surface area contributed by atoms with Crippen molar-refractivity contribution in [2.45, 2.75) is 57.0 Å². The average Bonchev–Trinajstić information content (AvgIpc) is 3.20. The molecule has 1 aromatic rings. The SMILES string of the molecule is CN(CC1NNC2CCCCCC21)C(=O)Nc1ccc(N2CCCC2=O)cc1. The lowest BCUT2D eigenvalue weighted by Crippen LogP contribution is -2.44. The number of carbonyl (C=O) groups is 2. The molecule has 7 heteroatoms. The molecular weight excluding hydrogens is 354 g/mol. The average molecular weight is 386 g/mol. The molecule has 3 unspecified atom stereocenters.